The van der Waals surface area contributed by atoms with Crippen LogP contribution in [0.1, 0.15) is 62.9 Å². The zero-order valence-corrected chi connectivity index (χ0v) is 14.3. The van der Waals surface area contributed by atoms with Gasteiger partial charge in [0.15, 0.2) is 0 Å². The Bertz CT molecular complexity index is 496. The fourth-order valence-electron chi connectivity index (χ4n) is 2.51. The molecule has 1 N–H and O–H groups in total. The Balaban J connectivity index is 2.95. The van der Waals surface area contributed by atoms with E-state index in [2.05, 4.69) is 13.8 Å². The first kappa shape index (κ1) is 18.5. The standard InChI is InChI=1S/C18H28O4/c1-6-22-17(20)14-9-10-15(16(19)12-14)18(4,21-5)11-7-8-13(2)3/h9-10,12-13,19H,6-8,11H2,1-5H3/t18-/m0/s1. The number of rotatable bonds is 8. The highest BCUT2D eigenvalue weighted by molar-refractivity contribution is 5.90. The first-order valence-electron chi connectivity index (χ1n) is 7.89. The number of carbonyl (C=O) groups excluding carboxylic acids is 1. The van der Waals surface area contributed by atoms with Crippen LogP contribution in [-0.4, -0.2) is 24.8 Å². The van der Waals surface area contributed by atoms with Crippen molar-refractivity contribution in [2.75, 3.05) is 13.7 Å². The van der Waals surface area contributed by atoms with E-state index in [-0.39, 0.29) is 5.75 Å². The van der Waals surface area contributed by atoms with Gasteiger partial charge in [-0.25, -0.2) is 4.79 Å². The second-order valence-electron chi connectivity index (χ2n) is 6.17. The molecule has 4 heteroatoms. The van der Waals surface area contributed by atoms with Crippen LogP contribution in [-0.2, 0) is 15.1 Å². The summed E-state index contributed by atoms with van der Waals surface area (Å²) in [4.78, 5) is 11.7. The van der Waals surface area contributed by atoms with E-state index in [4.69, 9.17) is 9.47 Å². The Morgan fingerprint density at radius 3 is 2.55 bits per heavy atom. The van der Waals surface area contributed by atoms with Crippen LogP contribution < -0.4 is 0 Å². The Labute approximate surface area is 133 Å². The molecule has 0 radical (unpaired) electrons. The van der Waals surface area contributed by atoms with Gasteiger partial charge >= 0.3 is 5.97 Å². The molecule has 1 aromatic carbocycles. The van der Waals surface area contributed by atoms with Crippen molar-refractivity contribution >= 4 is 5.97 Å². The van der Waals surface area contributed by atoms with Crippen molar-refractivity contribution in [1.29, 1.82) is 0 Å². The molecule has 1 rings (SSSR count). The lowest BCUT2D eigenvalue weighted by Gasteiger charge is -2.30. The minimum Gasteiger partial charge on any atom is -0.508 e. The number of esters is 1. The number of methoxy groups -OCH3 is 1. The SMILES string of the molecule is CCOC(=O)c1ccc([C@](C)(CCCC(C)C)OC)c(O)c1. The van der Waals surface area contributed by atoms with E-state index in [1.54, 1.807) is 26.2 Å². The van der Waals surface area contributed by atoms with E-state index < -0.39 is 11.6 Å². The molecule has 4 nitrogen and oxygen atoms in total. The summed E-state index contributed by atoms with van der Waals surface area (Å²) in [6.07, 6.45) is 2.94. The summed E-state index contributed by atoms with van der Waals surface area (Å²) in [5.74, 6) is 0.281. The van der Waals surface area contributed by atoms with Crippen molar-refractivity contribution in [1.82, 2.24) is 0 Å². The highest BCUT2D eigenvalue weighted by atomic mass is 16.5. The minimum atomic E-state index is -0.563. The van der Waals surface area contributed by atoms with Gasteiger partial charge in [0.25, 0.3) is 0 Å². The fourth-order valence-corrected chi connectivity index (χ4v) is 2.51. The number of phenols is 1. The van der Waals surface area contributed by atoms with Crippen LogP contribution in [0.3, 0.4) is 0 Å². The molecule has 0 heterocycles. The summed E-state index contributed by atoms with van der Waals surface area (Å²) in [6, 6.07) is 4.88. The number of carbonyl (C=O) groups is 1. The van der Waals surface area contributed by atoms with E-state index in [0.717, 1.165) is 19.3 Å². The lowest BCUT2D eigenvalue weighted by atomic mass is 9.87. The van der Waals surface area contributed by atoms with Crippen molar-refractivity contribution in [2.45, 2.75) is 52.6 Å². The maximum atomic E-state index is 11.7. The molecule has 1 aromatic rings. The topological polar surface area (TPSA) is 55.8 Å². The molecule has 0 saturated heterocycles. The molecule has 124 valence electrons. The summed E-state index contributed by atoms with van der Waals surface area (Å²) in [7, 11) is 1.65. The predicted octanol–water partition coefficient (Wildman–Crippen LogP) is 4.26. The summed E-state index contributed by atoms with van der Waals surface area (Å²) < 4.78 is 10.6. The van der Waals surface area contributed by atoms with Crippen LogP contribution in [0.4, 0.5) is 0 Å². The minimum absolute atomic E-state index is 0.0689. The molecule has 0 aromatic heterocycles. The maximum Gasteiger partial charge on any atom is 0.338 e. The number of aromatic hydroxyl groups is 1. The van der Waals surface area contributed by atoms with Crippen LogP contribution in [0.15, 0.2) is 18.2 Å². The third-order valence-corrected chi connectivity index (χ3v) is 3.96. The van der Waals surface area contributed by atoms with Gasteiger partial charge in [0.05, 0.1) is 17.8 Å². The van der Waals surface area contributed by atoms with Gasteiger partial charge in [0.1, 0.15) is 5.75 Å². The summed E-state index contributed by atoms with van der Waals surface area (Å²) in [5, 5.41) is 10.3. The molecule has 0 amide bonds. The molecule has 0 unspecified atom stereocenters. The van der Waals surface area contributed by atoms with Crippen LogP contribution >= 0.6 is 0 Å². The van der Waals surface area contributed by atoms with Crippen molar-refractivity contribution < 1.29 is 19.4 Å². The van der Waals surface area contributed by atoms with E-state index in [1.807, 2.05) is 6.92 Å². The van der Waals surface area contributed by atoms with Crippen molar-refractivity contribution in [3.63, 3.8) is 0 Å². The first-order valence-corrected chi connectivity index (χ1v) is 7.89. The monoisotopic (exact) mass is 308 g/mol. The van der Waals surface area contributed by atoms with Gasteiger partial charge in [-0.15, -0.1) is 0 Å². The van der Waals surface area contributed by atoms with Crippen molar-refractivity contribution in [3.05, 3.63) is 29.3 Å². The van der Waals surface area contributed by atoms with Gasteiger partial charge in [-0.1, -0.05) is 26.3 Å². The molecule has 0 aliphatic heterocycles. The van der Waals surface area contributed by atoms with Crippen LogP contribution in [0.25, 0.3) is 0 Å². The molecule has 0 aliphatic carbocycles. The van der Waals surface area contributed by atoms with E-state index in [9.17, 15) is 9.90 Å². The third-order valence-electron chi connectivity index (χ3n) is 3.96. The van der Waals surface area contributed by atoms with Gasteiger partial charge in [-0.05, 0) is 44.7 Å². The predicted molar refractivity (Wildman–Crippen MR) is 87.1 cm³/mol. The highest BCUT2D eigenvalue weighted by Gasteiger charge is 2.29. The molecule has 0 spiro atoms. The van der Waals surface area contributed by atoms with E-state index >= 15 is 0 Å². The normalized spacial score (nSPS) is 13.9. The first-order chi connectivity index (χ1) is 10.3. The lowest BCUT2D eigenvalue weighted by Crippen LogP contribution is -2.25. The molecule has 0 bridgehead atoms. The Hall–Kier alpha value is -1.55. The van der Waals surface area contributed by atoms with Gasteiger partial charge in [-0.3, -0.25) is 0 Å². The average molecular weight is 308 g/mol. The second kappa shape index (κ2) is 8.18. The van der Waals surface area contributed by atoms with Crippen LogP contribution in [0.2, 0.25) is 0 Å². The molecule has 1 atom stereocenters. The molecular weight excluding hydrogens is 280 g/mol. The zero-order valence-electron chi connectivity index (χ0n) is 14.3. The van der Waals surface area contributed by atoms with E-state index in [1.165, 1.54) is 6.07 Å². The Kier molecular flexibility index (Phi) is 6.88. The molecule has 22 heavy (non-hydrogen) atoms. The summed E-state index contributed by atoms with van der Waals surface area (Å²) >= 11 is 0. The molecular formula is C18H28O4. The smallest absolute Gasteiger partial charge is 0.338 e. The quantitative estimate of drug-likeness (QED) is 0.729. The fraction of sp³-hybridized carbons (Fsp3) is 0.611. The largest absolute Gasteiger partial charge is 0.508 e. The van der Waals surface area contributed by atoms with Gasteiger partial charge in [0, 0.05) is 12.7 Å². The van der Waals surface area contributed by atoms with Crippen molar-refractivity contribution in [3.8, 4) is 5.75 Å². The average Bonchev–Trinajstić information content (AvgIpc) is 2.46. The summed E-state index contributed by atoms with van der Waals surface area (Å²) in [6.45, 7) is 8.41. The third kappa shape index (κ3) is 4.73. The Morgan fingerprint density at radius 1 is 1.36 bits per heavy atom. The maximum absolute atomic E-state index is 11.7. The van der Waals surface area contributed by atoms with Crippen LogP contribution in [0, 0.1) is 5.92 Å². The number of hydrogen-bond donors (Lipinski definition) is 1. The Morgan fingerprint density at radius 2 is 2.05 bits per heavy atom. The second-order valence-corrected chi connectivity index (χ2v) is 6.17. The van der Waals surface area contributed by atoms with Crippen molar-refractivity contribution in [2.24, 2.45) is 5.92 Å². The molecule has 0 fully saturated rings. The van der Waals surface area contributed by atoms with Gasteiger partial charge in [-0.2, -0.15) is 0 Å². The molecule has 0 aliphatic rings. The number of ether oxygens (including phenoxy) is 2. The number of phenolic OH excluding ortho intramolecular Hbond substituents is 1. The van der Waals surface area contributed by atoms with Gasteiger partial charge < -0.3 is 14.6 Å². The van der Waals surface area contributed by atoms with Gasteiger partial charge in [0.2, 0.25) is 0 Å². The highest BCUT2D eigenvalue weighted by Crippen LogP contribution is 2.37. The number of hydrogen-bond acceptors (Lipinski definition) is 4. The zero-order chi connectivity index (χ0) is 16.8. The van der Waals surface area contributed by atoms with Crippen LogP contribution in [0.5, 0.6) is 5.75 Å². The lowest BCUT2D eigenvalue weighted by molar-refractivity contribution is -0.00981. The number of benzene rings is 1. The summed E-state index contributed by atoms with van der Waals surface area (Å²) in [5.41, 5.74) is 0.488. The van der Waals surface area contributed by atoms with E-state index in [0.29, 0.717) is 23.7 Å². The molecule has 0 saturated carbocycles.